The van der Waals surface area contributed by atoms with E-state index in [1.165, 1.54) is 32.1 Å². The maximum Gasteiger partial charge on any atom is 0.309 e. The minimum atomic E-state index is -0.0414. The molecule has 2 fully saturated rings. The minimum absolute atomic E-state index is 0.0414. The molecule has 2 aliphatic carbocycles. The summed E-state index contributed by atoms with van der Waals surface area (Å²) in [6, 6.07) is 9.73. The van der Waals surface area contributed by atoms with E-state index in [9.17, 15) is 4.79 Å². The Labute approximate surface area is 154 Å². The number of aromatic nitrogens is 1. The van der Waals surface area contributed by atoms with Crippen LogP contribution in [0.5, 0.6) is 5.75 Å². The molecule has 4 rings (SSSR count). The third-order valence-corrected chi connectivity index (χ3v) is 6.12. The zero-order valence-electron chi connectivity index (χ0n) is 15.2. The van der Waals surface area contributed by atoms with E-state index >= 15 is 0 Å². The summed E-state index contributed by atoms with van der Waals surface area (Å²) in [5.74, 6) is 2.63. The predicted molar refractivity (Wildman–Crippen MR) is 101 cm³/mol. The van der Waals surface area contributed by atoms with Gasteiger partial charge in [0, 0.05) is 11.6 Å². The van der Waals surface area contributed by atoms with Crippen LogP contribution in [-0.4, -0.2) is 24.2 Å². The zero-order chi connectivity index (χ0) is 17.8. The molecule has 2 saturated carbocycles. The molecule has 0 amide bonds. The van der Waals surface area contributed by atoms with Gasteiger partial charge in [0.15, 0.2) is 0 Å². The summed E-state index contributed by atoms with van der Waals surface area (Å²) in [6.07, 6.45) is 10.3. The molecule has 0 radical (unpaired) electrons. The van der Waals surface area contributed by atoms with Gasteiger partial charge in [-0.15, -0.1) is 0 Å². The van der Waals surface area contributed by atoms with Crippen molar-refractivity contribution in [1.29, 1.82) is 0 Å². The first kappa shape index (κ1) is 17.3. The first-order chi connectivity index (χ1) is 12.8. The number of fused-ring (bicyclic) bond motifs is 1. The average Bonchev–Trinajstić information content (AvgIpc) is 2.64. The smallest absolute Gasteiger partial charge is 0.309 e. The van der Waals surface area contributed by atoms with Crippen molar-refractivity contribution >= 4 is 16.9 Å². The van der Waals surface area contributed by atoms with Crippen molar-refractivity contribution < 1.29 is 14.3 Å². The van der Waals surface area contributed by atoms with E-state index in [1.54, 1.807) is 6.20 Å². The molecule has 2 aliphatic rings. The van der Waals surface area contributed by atoms with Crippen molar-refractivity contribution in [3.05, 3.63) is 36.5 Å². The Morgan fingerprint density at radius 1 is 0.962 bits per heavy atom. The van der Waals surface area contributed by atoms with Crippen LogP contribution in [0, 0.1) is 17.8 Å². The third-order valence-electron chi connectivity index (χ3n) is 6.12. The van der Waals surface area contributed by atoms with Crippen LogP contribution in [-0.2, 0) is 9.53 Å². The van der Waals surface area contributed by atoms with Crippen LogP contribution in [0.2, 0.25) is 0 Å². The van der Waals surface area contributed by atoms with Gasteiger partial charge in [0.25, 0.3) is 0 Å². The molecular weight excluding hydrogens is 326 g/mol. The minimum Gasteiger partial charge on any atom is -0.489 e. The summed E-state index contributed by atoms with van der Waals surface area (Å²) in [5, 5.41) is 0.982. The summed E-state index contributed by atoms with van der Waals surface area (Å²) in [5.41, 5.74) is 0.908. The number of hydrogen-bond acceptors (Lipinski definition) is 4. The number of pyridine rings is 1. The van der Waals surface area contributed by atoms with Gasteiger partial charge in [0.2, 0.25) is 0 Å². The third kappa shape index (κ3) is 3.84. The lowest BCUT2D eigenvalue weighted by Gasteiger charge is -2.37. The SMILES string of the molecule is O=C(OCCOc1ccnc2ccccc12)C1CCC(C2CCC2)CC1. The molecule has 4 heteroatoms. The van der Waals surface area contributed by atoms with Crippen molar-refractivity contribution in [2.24, 2.45) is 17.8 Å². The van der Waals surface area contributed by atoms with Crippen molar-refractivity contribution in [1.82, 2.24) is 4.98 Å². The standard InChI is InChI=1S/C22H27NO3/c24-22(18-10-8-17(9-11-18)16-4-3-5-16)26-15-14-25-21-12-13-23-20-7-2-1-6-19(20)21/h1-2,6-7,12-13,16-18H,3-5,8-11,14-15H2. The normalized spacial score (nSPS) is 23.4. The fourth-order valence-electron chi connectivity index (χ4n) is 4.34. The zero-order valence-corrected chi connectivity index (χ0v) is 15.2. The molecule has 0 unspecified atom stereocenters. The highest BCUT2D eigenvalue weighted by molar-refractivity contribution is 5.84. The van der Waals surface area contributed by atoms with E-state index in [4.69, 9.17) is 9.47 Å². The van der Waals surface area contributed by atoms with Gasteiger partial charge in [-0.25, -0.2) is 0 Å². The average molecular weight is 353 g/mol. The quantitative estimate of drug-likeness (QED) is 0.555. The Bertz CT molecular complexity index is 743. The lowest BCUT2D eigenvalue weighted by Crippen LogP contribution is -2.30. The number of nitrogens with zero attached hydrogens (tertiary/aromatic N) is 1. The maximum absolute atomic E-state index is 12.3. The van der Waals surface area contributed by atoms with Crippen LogP contribution in [0.15, 0.2) is 36.5 Å². The highest BCUT2D eigenvalue weighted by Gasteiger charge is 2.33. The lowest BCUT2D eigenvalue weighted by atomic mass is 9.68. The highest BCUT2D eigenvalue weighted by atomic mass is 16.6. The predicted octanol–water partition coefficient (Wildman–Crippen LogP) is 4.76. The fourth-order valence-corrected chi connectivity index (χ4v) is 4.34. The molecule has 0 aliphatic heterocycles. The second-order valence-electron chi connectivity index (χ2n) is 7.64. The summed E-state index contributed by atoms with van der Waals surface area (Å²) in [7, 11) is 0. The number of ether oxygens (including phenoxy) is 2. The van der Waals surface area contributed by atoms with E-state index in [2.05, 4.69) is 4.98 Å². The van der Waals surface area contributed by atoms with Crippen molar-refractivity contribution in [3.8, 4) is 5.75 Å². The number of para-hydroxylation sites is 1. The topological polar surface area (TPSA) is 48.4 Å². The first-order valence-electron chi connectivity index (χ1n) is 9.94. The van der Waals surface area contributed by atoms with Gasteiger partial charge in [-0.3, -0.25) is 9.78 Å². The maximum atomic E-state index is 12.3. The number of rotatable bonds is 6. The van der Waals surface area contributed by atoms with Crippen molar-refractivity contribution in [2.45, 2.75) is 44.9 Å². The number of carbonyl (C=O) groups excluding carboxylic acids is 1. The summed E-state index contributed by atoms with van der Waals surface area (Å²) < 4.78 is 11.3. The number of carbonyl (C=O) groups is 1. The molecular formula is C22H27NO3. The van der Waals surface area contributed by atoms with Crippen LogP contribution in [0.25, 0.3) is 10.9 Å². The second kappa shape index (κ2) is 8.07. The first-order valence-corrected chi connectivity index (χ1v) is 9.94. The summed E-state index contributed by atoms with van der Waals surface area (Å²) >= 11 is 0. The molecule has 0 spiro atoms. The van der Waals surface area contributed by atoms with Crippen molar-refractivity contribution in [2.75, 3.05) is 13.2 Å². The van der Waals surface area contributed by atoms with E-state index in [-0.39, 0.29) is 11.9 Å². The number of benzene rings is 1. The Balaban J connectivity index is 1.20. The molecule has 1 heterocycles. The largest absolute Gasteiger partial charge is 0.489 e. The highest BCUT2D eigenvalue weighted by Crippen LogP contribution is 2.42. The Morgan fingerprint density at radius 2 is 1.73 bits per heavy atom. The Hall–Kier alpha value is -2.10. The Kier molecular flexibility index (Phi) is 5.37. The molecule has 4 nitrogen and oxygen atoms in total. The number of esters is 1. The van der Waals surface area contributed by atoms with Gasteiger partial charge in [0.05, 0.1) is 11.4 Å². The van der Waals surface area contributed by atoms with Crippen LogP contribution >= 0.6 is 0 Å². The molecule has 138 valence electrons. The van der Waals surface area contributed by atoms with Gasteiger partial charge < -0.3 is 9.47 Å². The van der Waals surface area contributed by atoms with Gasteiger partial charge in [-0.1, -0.05) is 31.4 Å². The second-order valence-corrected chi connectivity index (χ2v) is 7.64. The lowest BCUT2D eigenvalue weighted by molar-refractivity contribution is -0.151. The van der Waals surface area contributed by atoms with Crippen molar-refractivity contribution in [3.63, 3.8) is 0 Å². The molecule has 0 N–H and O–H groups in total. The molecule has 0 bridgehead atoms. The van der Waals surface area contributed by atoms with Crippen LogP contribution in [0.4, 0.5) is 0 Å². The fraction of sp³-hybridized carbons (Fsp3) is 0.545. The summed E-state index contributed by atoms with van der Waals surface area (Å²) in [4.78, 5) is 16.6. The van der Waals surface area contributed by atoms with Gasteiger partial charge in [-0.05, 0) is 55.7 Å². The van der Waals surface area contributed by atoms with E-state index in [0.29, 0.717) is 13.2 Å². The molecule has 2 aromatic rings. The summed E-state index contributed by atoms with van der Waals surface area (Å²) in [6.45, 7) is 0.676. The van der Waals surface area contributed by atoms with Crippen LogP contribution in [0.1, 0.15) is 44.9 Å². The Morgan fingerprint density at radius 3 is 2.50 bits per heavy atom. The monoisotopic (exact) mass is 353 g/mol. The molecule has 1 aromatic carbocycles. The van der Waals surface area contributed by atoms with Crippen LogP contribution < -0.4 is 4.74 Å². The van der Waals surface area contributed by atoms with Gasteiger partial charge in [-0.2, -0.15) is 0 Å². The number of hydrogen-bond donors (Lipinski definition) is 0. The van der Waals surface area contributed by atoms with Gasteiger partial charge >= 0.3 is 5.97 Å². The van der Waals surface area contributed by atoms with Crippen LogP contribution in [0.3, 0.4) is 0 Å². The molecule has 0 atom stereocenters. The van der Waals surface area contributed by atoms with E-state index in [1.807, 2.05) is 30.3 Å². The molecule has 26 heavy (non-hydrogen) atoms. The van der Waals surface area contributed by atoms with Gasteiger partial charge in [0.1, 0.15) is 19.0 Å². The molecule has 0 saturated heterocycles. The van der Waals surface area contributed by atoms with E-state index < -0.39 is 0 Å². The molecule has 1 aromatic heterocycles. The van der Waals surface area contributed by atoms with E-state index in [0.717, 1.165) is 41.3 Å².